The summed E-state index contributed by atoms with van der Waals surface area (Å²) in [7, 11) is -1.77. The largest absolute Gasteiger partial charge is 0.315 e. The molecule has 2 aromatic heterocycles. The zero-order chi connectivity index (χ0) is 14.8. The SMILES string of the molecule is CNCc1sccc1S(=O)(=O)NC(C)(C)c1nccs1. The highest BCUT2D eigenvalue weighted by Crippen LogP contribution is 2.27. The number of thiophene rings is 1. The van der Waals surface area contributed by atoms with Crippen molar-refractivity contribution in [3.63, 3.8) is 0 Å². The molecule has 2 heterocycles. The minimum absolute atomic E-state index is 0.335. The molecule has 0 fully saturated rings. The molecule has 2 N–H and O–H groups in total. The standard InChI is InChI=1S/C12H17N3O2S3/c1-12(2,11-14-5-7-19-11)15-20(16,17)10-4-6-18-9(10)8-13-3/h4-7,13,15H,8H2,1-3H3. The monoisotopic (exact) mass is 331 g/mol. The smallest absolute Gasteiger partial charge is 0.242 e. The third-order valence-electron chi connectivity index (χ3n) is 2.69. The van der Waals surface area contributed by atoms with E-state index in [0.717, 1.165) is 9.88 Å². The molecule has 0 aliphatic carbocycles. The Kier molecular flexibility index (Phi) is 4.60. The van der Waals surface area contributed by atoms with Crippen LogP contribution in [0.4, 0.5) is 0 Å². The normalized spacial score (nSPS) is 12.8. The summed E-state index contributed by atoms with van der Waals surface area (Å²) in [6.07, 6.45) is 1.67. The Hall–Kier alpha value is -0.800. The summed E-state index contributed by atoms with van der Waals surface area (Å²) in [5.41, 5.74) is -0.730. The summed E-state index contributed by atoms with van der Waals surface area (Å²) in [6, 6.07) is 1.64. The van der Waals surface area contributed by atoms with E-state index in [-0.39, 0.29) is 0 Å². The van der Waals surface area contributed by atoms with Gasteiger partial charge in [0.05, 0.1) is 10.4 Å². The predicted molar refractivity (Wildman–Crippen MR) is 82.5 cm³/mol. The number of aromatic nitrogens is 1. The number of nitrogens with zero attached hydrogens (tertiary/aromatic N) is 1. The first-order valence-electron chi connectivity index (χ1n) is 6.02. The van der Waals surface area contributed by atoms with Crippen molar-refractivity contribution in [3.8, 4) is 0 Å². The molecule has 0 aliphatic heterocycles. The molecular formula is C12H17N3O2S3. The number of hydrogen-bond acceptors (Lipinski definition) is 6. The Morgan fingerprint density at radius 3 is 2.65 bits per heavy atom. The molecule has 5 nitrogen and oxygen atoms in total. The van der Waals surface area contributed by atoms with Crippen LogP contribution in [0.15, 0.2) is 27.9 Å². The van der Waals surface area contributed by atoms with Crippen LogP contribution in [0.1, 0.15) is 23.7 Å². The number of hydrogen-bond donors (Lipinski definition) is 2. The zero-order valence-corrected chi connectivity index (χ0v) is 14.0. The van der Waals surface area contributed by atoms with Crippen LogP contribution in [0.3, 0.4) is 0 Å². The number of sulfonamides is 1. The molecule has 0 aromatic carbocycles. The van der Waals surface area contributed by atoms with Gasteiger partial charge in [0.2, 0.25) is 10.0 Å². The molecule has 0 aliphatic rings. The van der Waals surface area contributed by atoms with Gasteiger partial charge in [-0.2, -0.15) is 4.72 Å². The average Bonchev–Trinajstić information content (AvgIpc) is 2.98. The van der Waals surface area contributed by atoms with Crippen molar-refractivity contribution < 1.29 is 8.42 Å². The molecule has 20 heavy (non-hydrogen) atoms. The quantitative estimate of drug-likeness (QED) is 0.851. The fraction of sp³-hybridized carbons (Fsp3) is 0.417. The van der Waals surface area contributed by atoms with Gasteiger partial charge in [-0.05, 0) is 32.3 Å². The molecular weight excluding hydrogens is 314 g/mol. The molecule has 0 saturated heterocycles. The van der Waals surface area contributed by atoms with Crippen LogP contribution in [-0.2, 0) is 22.1 Å². The van der Waals surface area contributed by atoms with E-state index in [1.807, 2.05) is 19.2 Å². The molecule has 0 bridgehead atoms. The van der Waals surface area contributed by atoms with Gasteiger partial charge in [0, 0.05) is 23.0 Å². The van der Waals surface area contributed by atoms with Crippen LogP contribution < -0.4 is 10.0 Å². The van der Waals surface area contributed by atoms with Gasteiger partial charge in [-0.25, -0.2) is 13.4 Å². The van der Waals surface area contributed by atoms with Crippen LogP contribution in [0.2, 0.25) is 0 Å². The second-order valence-electron chi connectivity index (χ2n) is 4.81. The lowest BCUT2D eigenvalue weighted by Crippen LogP contribution is -2.41. The van der Waals surface area contributed by atoms with E-state index in [9.17, 15) is 8.42 Å². The molecule has 0 unspecified atom stereocenters. The van der Waals surface area contributed by atoms with E-state index in [1.54, 1.807) is 24.7 Å². The third kappa shape index (κ3) is 3.26. The van der Waals surface area contributed by atoms with Crippen LogP contribution in [0.5, 0.6) is 0 Å². The highest BCUT2D eigenvalue weighted by molar-refractivity contribution is 7.89. The van der Waals surface area contributed by atoms with E-state index in [1.165, 1.54) is 22.7 Å². The molecule has 0 radical (unpaired) electrons. The maximum Gasteiger partial charge on any atom is 0.242 e. The second-order valence-corrected chi connectivity index (χ2v) is 8.35. The van der Waals surface area contributed by atoms with Crippen LogP contribution >= 0.6 is 22.7 Å². The number of nitrogens with one attached hydrogen (secondary N) is 2. The summed E-state index contributed by atoms with van der Waals surface area (Å²) in [5.74, 6) is 0. The first-order valence-corrected chi connectivity index (χ1v) is 9.26. The fourth-order valence-electron chi connectivity index (χ4n) is 1.82. The summed E-state index contributed by atoms with van der Waals surface area (Å²) in [5, 5.41) is 7.35. The summed E-state index contributed by atoms with van der Waals surface area (Å²) < 4.78 is 27.8. The van der Waals surface area contributed by atoms with Crippen molar-refractivity contribution in [2.24, 2.45) is 0 Å². The maximum atomic E-state index is 12.5. The van der Waals surface area contributed by atoms with Crippen molar-refractivity contribution >= 4 is 32.7 Å². The van der Waals surface area contributed by atoms with E-state index < -0.39 is 15.6 Å². The van der Waals surface area contributed by atoms with E-state index >= 15 is 0 Å². The van der Waals surface area contributed by atoms with Crippen molar-refractivity contribution in [3.05, 3.63) is 32.9 Å². The fourth-order valence-corrected chi connectivity index (χ4v) is 5.44. The average molecular weight is 331 g/mol. The van der Waals surface area contributed by atoms with Gasteiger partial charge < -0.3 is 5.32 Å². The molecule has 110 valence electrons. The molecule has 0 saturated carbocycles. The lowest BCUT2D eigenvalue weighted by atomic mass is 10.1. The summed E-state index contributed by atoms with van der Waals surface area (Å²) >= 11 is 2.86. The van der Waals surface area contributed by atoms with E-state index in [2.05, 4.69) is 15.0 Å². The van der Waals surface area contributed by atoms with Crippen LogP contribution in [0.25, 0.3) is 0 Å². The lowest BCUT2D eigenvalue weighted by molar-refractivity contribution is 0.469. The lowest BCUT2D eigenvalue weighted by Gasteiger charge is -2.23. The van der Waals surface area contributed by atoms with E-state index in [4.69, 9.17) is 0 Å². The minimum atomic E-state index is -3.57. The van der Waals surface area contributed by atoms with Crippen molar-refractivity contribution in [2.75, 3.05) is 7.05 Å². The first-order chi connectivity index (χ1) is 9.37. The highest BCUT2D eigenvalue weighted by Gasteiger charge is 2.31. The van der Waals surface area contributed by atoms with E-state index in [0.29, 0.717) is 11.4 Å². The Labute approximate surface area is 127 Å². The van der Waals surface area contributed by atoms with Gasteiger partial charge in [0.25, 0.3) is 0 Å². The van der Waals surface area contributed by atoms with Crippen molar-refractivity contribution in [1.82, 2.24) is 15.0 Å². The molecule has 0 amide bonds. The van der Waals surface area contributed by atoms with Gasteiger partial charge in [-0.15, -0.1) is 22.7 Å². The van der Waals surface area contributed by atoms with Crippen molar-refractivity contribution in [2.45, 2.75) is 30.8 Å². The Morgan fingerprint density at radius 2 is 2.05 bits per heavy atom. The van der Waals surface area contributed by atoms with Gasteiger partial charge in [0.1, 0.15) is 5.01 Å². The molecule has 8 heteroatoms. The number of thiazole rings is 1. The Balaban J connectivity index is 2.29. The van der Waals surface area contributed by atoms with Crippen LogP contribution in [-0.4, -0.2) is 20.4 Å². The highest BCUT2D eigenvalue weighted by atomic mass is 32.2. The minimum Gasteiger partial charge on any atom is -0.315 e. The number of rotatable bonds is 6. The molecule has 2 aromatic rings. The second kappa shape index (κ2) is 5.90. The van der Waals surface area contributed by atoms with Crippen LogP contribution in [0, 0.1) is 0 Å². The maximum absolute atomic E-state index is 12.5. The van der Waals surface area contributed by atoms with Gasteiger partial charge in [-0.3, -0.25) is 0 Å². The Morgan fingerprint density at radius 1 is 1.30 bits per heavy atom. The molecule has 0 atom stereocenters. The van der Waals surface area contributed by atoms with Crippen molar-refractivity contribution in [1.29, 1.82) is 0 Å². The zero-order valence-electron chi connectivity index (χ0n) is 11.5. The first kappa shape index (κ1) is 15.6. The summed E-state index contributed by atoms with van der Waals surface area (Å²) in [6.45, 7) is 4.16. The topological polar surface area (TPSA) is 71.1 Å². The Bertz CT molecular complexity index is 660. The third-order valence-corrected chi connectivity index (χ3v) is 6.58. The molecule has 0 spiro atoms. The molecule has 2 rings (SSSR count). The predicted octanol–water partition coefficient (Wildman–Crippen LogP) is 2.14. The van der Waals surface area contributed by atoms with Gasteiger partial charge in [0.15, 0.2) is 0 Å². The van der Waals surface area contributed by atoms with Gasteiger partial charge in [-0.1, -0.05) is 0 Å². The summed E-state index contributed by atoms with van der Waals surface area (Å²) in [4.78, 5) is 5.33. The van der Waals surface area contributed by atoms with Gasteiger partial charge >= 0.3 is 0 Å².